The molecular formula is C17H22N2O4. The molecule has 6 heteroatoms. The second-order valence-electron chi connectivity index (χ2n) is 5.73. The first-order valence-electron chi connectivity index (χ1n) is 7.84. The minimum absolute atomic E-state index is 0.241. The van der Waals surface area contributed by atoms with Crippen molar-refractivity contribution in [3.8, 4) is 0 Å². The average Bonchev–Trinajstić information content (AvgIpc) is 2.56. The van der Waals surface area contributed by atoms with Gasteiger partial charge in [-0.2, -0.15) is 0 Å². The summed E-state index contributed by atoms with van der Waals surface area (Å²) < 4.78 is 0. The van der Waals surface area contributed by atoms with Crippen LogP contribution in [0.4, 0.5) is 4.79 Å². The highest BCUT2D eigenvalue weighted by Gasteiger charge is 2.34. The molecule has 1 aromatic rings. The summed E-state index contributed by atoms with van der Waals surface area (Å²) in [5.41, 5.74) is 0.897. The van der Waals surface area contributed by atoms with Crippen LogP contribution in [0.3, 0.4) is 0 Å². The fourth-order valence-corrected chi connectivity index (χ4v) is 2.58. The maximum Gasteiger partial charge on any atom is 0.333 e. The van der Waals surface area contributed by atoms with Gasteiger partial charge in [-0.25, -0.2) is 4.79 Å². The summed E-state index contributed by atoms with van der Waals surface area (Å²) in [6.45, 7) is 0.316. The Bertz CT molecular complexity index is 573. The molecule has 23 heavy (non-hydrogen) atoms. The number of barbiturate groups is 1. The monoisotopic (exact) mass is 318 g/mol. The number of nitrogens with zero attached hydrogens (tertiary/aromatic N) is 2. The number of aliphatic hydroxyl groups is 1. The van der Waals surface area contributed by atoms with Crippen molar-refractivity contribution in [2.24, 2.45) is 0 Å². The number of hydrogen-bond donors (Lipinski definition) is 1. The first kappa shape index (κ1) is 17.1. The van der Waals surface area contributed by atoms with Gasteiger partial charge in [-0.1, -0.05) is 43.2 Å². The third-order valence-corrected chi connectivity index (χ3v) is 4.04. The van der Waals surface area contributed by atoms with Crippen molar-refractivity contribution in [3.63, 3.8) is 0 Å². The molecule has 1 fully saturated rings. The van der Waals surface area contributed by atoms with E-state index in [1.165, 1.54) is 7.05 Å². The SMILES string of the molecule is CN1C(=O)CC(=O)N(CCCCCC(O)c2ccccc2)C1=O. The van der Waals surface area contributed by atoms with Gasteiger partial charge in [0.2, 0.25) is 11.8 Å². The molecule has 0 saturated carbocycles. The molecule has 2 rings (SSSR count). The summed E-state index contributed by atoms with van der Waals surface area (Å²) in [7, 11) is 1.39. The summed E-state index contributed by atoms with van der Waals surface area (Å²) in [5.74, 6) is -0.885. The van der Waals surface area contributed by atoms with Crippen LogP contribution in [-0.2, 0) is 9.59 Å². The minimum Gasteiger partial charge on any atom is -0.388 e. The van der Waals surface area contributed by atoms with Crippen LogP contribution in [0.1, 0.15) is 43.8 Å². The molecule has 0 bridgehead atoms. The van der Waals surface area contributed by atoms with Crippen molar-refractivity contribution in [2.75, 3.05) is 13.6 Å². The Morgan fingerprint density at radius 3 is 2.43 bits per heavy atom. The molecule has 0 aromatic heterocycles. The zero-order chi connectivity index (χ0) is 16.8. The lowest BCUT2D eigenvalue weighted by atomic mass is 10.0. The third kappa shape index (κ3) is 4.39. The number of rotatable bonds is 7. The van der Waals surface area contributed by atoms with E-state index in [1.807, 2.05) is 30.3 Å². The van der Waals surface area contributed by atoms with Crippen LogP contribution >= 0.6 is 0 Å². The van der Waals surface area contributed by atoms with E-state index in [9.17, 15) is 19.5 Å². The Labute approximate surface area is 135 Å². The number of hydrogen-bond acceptors (Lipinski definition) is 4. The normalized spacial score (nSPS) is 16.9. The average molecular weight is 318 g/mol. The minimum atomic E-state index is -0.546. The Hall–Kier alpha value is -2.21. The predicted octanol–water partition coefficient (Wildman–Crippen LogP) is 2.09. The molecule has 1 N–H and O–H groups in total. The third-order valence-electron chi connectivity index (χ3n) is 4.04. The summed E-state index contributed by atoms with van der Waals surface area (Å²) in [6, 6.07) is 8.93. The fraction of sp³-hybridized carbons (Fsp3) is 0.471. The van der Waals surface area contributed by atoms with Gasteiger partial charge in [0.15, 0.2) is 0 Å². The van der Waals surface area contributed by atoms with Crippen LogP contribution in [0, 0.1) is 0 Å². The van der Waals surface area contributed by atoms with Gasteiger partial charge in [0, 0.05) is 13.6 Å². The number of carbonyl (C=O) groups is 3. The van der Waals surface area contributed by atoms with E-state index in [-0.39, 0.29) is 6.42 Å². The highest BCUT2D eigenvalue weighted by atomic mass is 16.3. The zero-order valence-corrected chi connectivity index (χ0v) is 13.3. The number of urea groups is 1. The van der Waals surface area contributed by atoms with Gasteiger partial charge in [-0.3, -0.25) is 19.4 Å². The summed E-state index contributed by atoms with van der Waals surface area (Å²) >= 11 is 0. The molecule has 0 radical (unpaired) electrons. The molecule has 1 heterocycles. The van der Waals surface area contributed by atoms with Crippen molar-refractivity contribution >= 4 is 17.8 Å². The summed E-state index contributed by atoms with van der Waals surface area (Å²) in [5, 5.41) is 10.1. The number of aliphatic hydroxyl groups excluding tert-OH is 1. The fourth-order valence-electron chi connectivity index (χ4n) is 2.58. The largest absolute Gasteiger partial charge is 0.388 e. The van der Waals surface area contributed by atoms with Gasteiger partial charge in [-0.05, 0) is 18.4 Å². The first-order valence-corrected chi connectivity index (χ1v) is 7.84. The molecule has 0 aliphatic carbocycles. The standard InChI is InChI=1S/C17H22N2O4/c1-18-15(21)12-16(22)19(17(18)23)11-7-3-6-10-14(20)13-8-4-2-5-9-13/h2,4-5,8-9,14,20H,3,6-7,10-12H2,1H3. The van der Waals surface area contributed by atoms with Crippen LogP contribution in [0.2, 0.25) is 0 Å². The molecule has 1 unspecified atom stereocenters. The van der Waals surface area contributed by atoms with Gasteiger partial charge in [0.25, 0.3) is 0 Å². The smallest absolute Gasteiger partial charge is 0.333 e. The maximum absolute atomic E-state index is 11.9. The van der Waals surface area contributed by atoms with Crippen LogP contribution in [0.25, 0.3) is 0 Å². The van der Waals surface area contributed by atoms with E-state index < -0.39 is 23.9 Å². The van der Waals surface area contributed by atoms with Crippen molar-refractivity contribution in [1.82, 2.24) is 9.80 Å². The van der Waals surface area contributed by atoms with Gasteiger partial charge < -0.3 is 5.11 Å². The Morgan fingerprint density at radius 2 is 1.74 bits per heavy atom. The Balaban J connectivity index is 1.70. The summed E-state index contributed by atoms with van der Waals surface area (Å²) in [6.07, 6.45) is 2.19. The summed E-state index contributed by atoms with van der Waals surface area (Å²) in [4.78, 5) is 37.1. The molecule has 1 aliphatic heterocycles. The van der Waals surface area contributed by atoms with E-state index in [0.29, 0.717) is 19.4 Å². The quantitative estimate of drug-likeness (QED) is 0.617. The maximum atomic E-state index is 11.9. The lowest BCUT2D eigenvalue weighted by Crippen LogP contribution is -2.53. The zero-order valence-electron chi connectivity index (χ0n) is 13.3. The van der Waals surface area contributed by atoms with E-state index in [1.54, 1.807) is 0 Å². The van der Waals surface area contributed by atoms with E-state index in [0.717, 1.165) is 28.2 Å². The molecule has 1 aromatic carbocycles. The van der Waals surface area contributed by atoms with E-state index in [4.69, 9.17) is 0 Å². The number of carbonyl (C=O) groups excluding carboxylic acids is 3. The van der Waals surface area contributed by atoms with Crippen molar-refractivity contribution in [2.45, 2.75) is 38.2 Å². The van der Waals surface area contributed by atoms with Gasteiger partial charge in [0.05, 0.1) is 6.10 Å². The van der Waals surface area contributed by atoms with Crippen LogP contribution in [-0.4, -0.2) is 46.3 Å². The second-order valence-corrected chi connectivity index (χ2v) is 5.73. The number of imide groups is 2. The first-order chi connectivity index (χ1) is 11.0. The molecule has 124 valence electrons. The number of benzene rings is 1. The molecule has 4 amide bonds. The molecule has 1 aliphatic rings. The van der Waals surface area contributed by atoms with Crippen molar-refractivity contribution in [3.05, 3.63) is 35.9 Å². The molecular weight excluding hydrogens is 296 g/mol. The molecule has 1 saturated heterocycles. The second kappa shape index (κ2) is 7.87. The molecule has 6 nitrogen and oxygen atoms in total. The van der Waals surface area contributed by atoms with Gasteiger partial charge in [0.1, 0.15) is 6.42 Å². The van der Waals surface area contributed by atoms with Crippen molar-refractivity contribution in [1.29, 1.82) is 0 Å². The van der Waals surface area contributed by atoms with E-state index >= 15 is 0 Å². The van der Waals surface area contributed by atoms with Crippen LogP contribution < -0.4 is 0 Å². The van der Waals surface area contributed by atoms with Gasteiger partial charge >= 0.3 is 6.03 Å². The lowest BCUT2D eigenvalue weighted by molar-refractivity contribution is -0.141. The van der Waals surface area contributed by atoms with Crippen molar-refractivity contribution < 1.29 is 19.5 Å². The highest BCUT2D eigenvalue weighted by molar-refractivity contribution is 6.13. The Morgan fingerprint density at radius 1 is 1.04 bits per heavy atom. The van der Waals surface area contributed by atoms with Gasteiger partial charge in [-0.15, -0.1) is 0 Å². The number of unbranched alkanes of at least 4 members (excludes halogenated alkanes) is 2. The number of amides is 4. The van der Waals surface area contributed by atoms with Crippen LogP contribution in [0.5, 0.6) is 0 Å². The van der Waals surface area contributed by atoms with Crippen LogP contribution in [0.15, 0.2) is 30.3 Å². The highest BCUT2D eigenvalue weighted by Crippen LogP contribution is 2.19. The van der Waals surface area contributed by atoms with E-state index in [2.05, 4.69) is 0 Å². The Kier molecular flexibility index (Phi) is 5.87. The molecule has 0 spiro atoms. The topological polar surface area (TPSA) is 77.9 Å². The predicted molar refractivity (Wildman–Crippen MR) is 84.4 cm³/mol. The molecule has 1 atom stereocenters. The lowest BCUT2D eigenvalue weighted by Gasteiger charge is -2.30.